The molecule has 1 heterocycles. The van der Waals surface area contributed by atoms with Gasteiger partial charge in [0.1, 0.15) is 0 Å². The lowest BCUT2D eigenvalue weighted by atomic mass is 9.82. The second-order valence-corrected chi connectivity index (χ2v) is 5.01. The van der Waals surface area contributed by atoms with Gasteiger partial charge in [0.25, 0.3) is 0 Å². The van der Waals surface area contributed by atoms with Crippen LogP contribution in [0.25, 0.3) is 0 Å². The van der Waals surface area contributed by atoms with Gasteiger partial charge in [-0.15, -0.1) is 0 Å². The third-order valence-corrected chi connectivity index (χ3v) is 3.89. The largest absolute Gasteiger partial charge is 0.396 e. The van der Waals surface area contributed by atoms with Gasteiger partial charge in [-0.25, -0.2) is 0 Å². The molecule has 0 radical (unpaired) electrons. The first kappa shape index (κ1) is 10.9. The minimum Gasteiger partial charge on any atom is -0.396 e. The van der Waals surface area contributed by atoms with Crippen LogP contribution in [0.3, 0.4) is 0 Å². The van der Waals surface area contributed by atoms with Crippen LogP contribution in [0.4, 0.5) is 0 Å². The number of amides is 1. The molecule has 0 aromatic carbocycles. The molecule has 1 saturated heterocycles. The highest BCUT2D eigenvalue weighted by Crippen LogP contribution is 2.30. The molecule has 0 aromatic rings. The molecule has 1 unspecified atom stereocenters. The van der Waals surface area contributed by atoms with Crippen LogP contribution in [0.5, 0.6) is 0 Å². The molecule has 0 spiro atoms. The lowest BCUT2D eigenvalue weighted by Gasteiger charge is -2.26. The van der Waals surface area contributed by atoms with Crippen molar-refractivity contribution in [2.24, 2.45) is 11.8 Å². The third-order valence-electron chi connectivity index (χ3n) is 3.89. The number of carbonyl (C=O) groups excluding carboxylic acids is 1. The maximum absolute atomic E-state index is 11.8. The predicted octanol–water partition coefficient (Wildman–Crippen LogP) is 1.41. The van der Waals surface area contributed by atoms with E-state index in [9.17, 15) is 4.79 Å². The van der Waals surface area contributed by atoms with Crippen LogP contribution in [-0.4, -0.2) is 35.6 Å². The number of aliphatic hydroxyl groups excluding tert-OH is 1. The highest BCUT2D eigenvalue weighted by Gasteiger charge is 2.26. The van der Waals surface area contributed by atoms with Crippen molar-refractivity contribution >= 4 is 5.91 Å². The molecule has 2 rings (SSSR count). The Balaban J connectivity index is 1.66. The maximum Gasteiger partial charge on any atom is 0.222 e. The van der Waals surface area contributed by atoms with E-state index in [2.05, 4.69) is 0 Å². The van der Waals surface area contributed by atoms with Crippen LogP contribution in [-0.2, 0) is 4.79 Å². The molecule has 1 N–H and O–H groups in total. The van der Waals surface area contributed by atoms with E-state index in [-0.39, 0.29) is 6.61 Å². The zero-order valence-electron chi connectivity index (χ0n) is 9.32. The summed E-state index contributed by atoms with van der Waals surface area (Å²) in [5, 5.41) is 8.99. The molecule has 15 heavy (non-hydrogen) atoms. The third kappa shape index (κ3) is 2.71. The van der Waals surface area contributed by atoms with Crippen LogP contribution in [0.15, 0.2) is 0 Å². The summed E-state index contributed by atoms with van der Waals surface area (Å²) in [6.07, 6.45) is 6.79. The molecular weight excluding hydrogens is 190 g/mol. The van der Waals surface area contributed by atoms with Crippen LogP contribution < -0.4 is 0 Å². The molecule has 3 heteroatoms. The van der Waals surface area contributed by atoms with Gasteiger partial charge in [-0.3, -0.25) is 4.79 Å². The fourth-order valence-corrected chi connectivity index (χ4v) is 2.48. The molecule has 2 aliphatic rings. The number of nitrogens with zero attached hydrogens (tertiary/aromatic N) is 1. The zero-order chi connectivity index (χ0) is 10.7. The smallest absolute Gasteiger partial charge is 0.222 e. The molecule has 1 aliphatic heterocycles. The van der Waals surface area contributed by atoms with Gasteiger partial charge >= 0.3 is 0 Å². The van der Waals surface area contributed by atoms with E-state index in [1.807, 2.05) is 4.90 Å². The van der Waals surface area contributed by atoms with Crippen molar-refractivity contribution in [1.82, 2.24) is 4.90 Å². The first-order valence-electron chi connectivity index (χ1n) is 6.18. The van der Waals surface area contributed by atoms with E-state index in [0.717, 1.165) is 38.3 Å². The van der Waals surface area contributed by atoms with Gasteiger partial charge in [-0.1, -0.05) is 19.3 Å². The van der Waals surface area contributed by atoms with Crippen LogP contribution in [0.2, 0.25) is 0 Å². The molecule has 1 saturated carbocycles. The summed E-state index contributed by atoms with van der Waals surface area (Å²) in [7, 11) is 0. The fourth-order valence-electron chi connectivity index (χ4n) is 2.48. The molecule has 1 atom stereocenters. The number of hydrogen-bond donors (Lipinski definition) is 1. The zero-order valence-corrected chi connectivity index (χ0v) is 9.32. The van der Waals surface area contributed by atoms with Crippen molar-refractivity contribution in [3.05, 3.63) is 0 Å². The van der Waals surface area contributed by atoms with Crippen molar-refractivity contribution in [3.8, 4) is 0 Å². The van der Waals surface area contributed by atoms with E-state index < -0.39 is 0 Å². The molecule has 0 bridgehead atoms. The predicted molar refractivity (Wildman–Crippen MR) is 58.3 cm³/mol. The van der Waals surface area contributed by atoms with Gasteiger partial charge in [0.15, 0.2) is 0 Å². The second kappa shape index (κ2) is 4.97. The lowest BCUT2D eigenvalue weighted by molar-refractivity contribution is -0.130. The number of likely N-dealkylation sites (tertiary alicyclic amines) is 1. The monoisotopic (exact) mass is 211 g/mol. The van der Waals surface area contributed by atoms with Crippen molar-refractivity contribution in [3.63, 3.8) is 0 Å². The van der Waals surface area contributed by atoms with E-state index >= 15 is 0 Å². The molecule has 3 nitrogen and oxygen atoms in total. The highest BCUT2D eigenvalue weighted by atomic mass is 16.3. The van der Waals surface area contributed by atoms with Gasteiger partial charge in [-0.05, 0) is 18.8 Å². The highest BCUT2D eigenvalue weighted by molar-refractivity contribution is 5.76. The Bertz CT molecular complexity index is 226. The van der Waals surface area contributed by atoms with Crippen LogP contribution in [0.1, 0.15) is 38.5 Å². The second-order valence-electron chi connectivity index (χ2n) is 5.01. The van der Waals surface area contributed by atoms with Gasteiger partial charge in [0.05, 0.1) is 0 Å². The first-order valence-corrected chi connectivity index (χ1v) is 6.18. The van der Waals surface area contributed by atoms with Gasteiger partial charge < -0.3 is 10.0 Å². The topological polar surface area (TPSA) is 40.5 Å². The van der Waals surface area contributed by atoms with Crippen LogP contribution >= 0.6 is 0 Å². The minimum absolute atomic E-state index is 0.229. The molecule has 0 aromatic heterocycles. The molecule has 1 aliphatic carbocycles. The fraction of sp³-hybridized carbons (Fsp3) is 0.917. The van der Waals surface area contributed by atoms with E-state index in [0.29, 0.717) is 11.8 Å². The first-order chi connectivity index (χ1) is 7.29. The Morgan fingerprint density at radius 3 is 2.60 bits per heavy atom. The van der Waals surface area contributed by atoms with E-state index in [1.165, 1.54) is 19.3 Å². The molecule has 2 fully saturated rings. The Morgan fingerprint density at radius 1 is 1.27 bits per heavy atom. The van der Waals surface area contributed by atoms with Gasteiger partial charge in [-0.2, -0.15) is 0 Å². The average molecular weight is 211 g/mol. The summed E-state index contributed by atoms with van der Waals surface area (Å²) < 4.78 is 0. The van der Waals surface area contributed by atoms with Crippen molar-refractivity contribution in [1.29, 1.82) is 0 Å². The SMILES string of the molecule is O=C(CCC1CCC1)N1CCC(CO)C1. The number of hydrogen-bond acceptors (Lipinski definition) is 2. The lowest BCUT2D eigenvalue weighted by Crippen LogP contribution is -2.29. The summed E-state index contributed by atoms with van der Waals surface area (Å²) >= 11 is 0. The average Bonchev–Trinajstić information content (AvgIpc) is 2.63. The van der Waals surface area contributed by atoms with Gasteiger partial charge in [0.2, 0.25) is 5.91 Å². The normalized spacial score (nSPS) is 26.7. The van der Waals surface area contributed by atoms with Gasteiger partial charge in [0, 0.05) is 32.0 Å². The Morgan fingerprint density at radius 2 is 2.07 bits per heavy atom. The molecular formula is C12H21NO2. The van der Waals surface area contributed by atoms with Crippen molar-refractivity contribution < 1.29 is 9.90 Å². The van der Waals surface area contributed by atoms with Crippen molar-refractivity contribution in [2.75, 3.05) is 19.7 Å². The summed E-state index contributed by atoms with van der Waals surface area (Å²) in [5.74, 6) is 1.46. The summed E-state index contributed by atoms with van der Waals surface area (Å²) in [5.41, 5.74) is 0. The van der Waals surface area contributed by atoms with Crippen LogP contribution in [0, 0.1) is 11.8 Å². The Hall–Kier alpha value is -0.570. The maximum atomic E-state index is 11.8. The number of aliphatic hydroxyl groups is 1. The minimum atomic E-state index is 0.229. The Kier molecular flexibility index (Phi) is 3.62. The summed E-state index contributed by atoms with van der Waals surface area (Å²) in [4.78, 5) is 13.7. The van der Waals surface area contributed by atoms with Crippen molar-refractivity contribution in [2.45, 2.75) is 38.5 Å². The van der Waals surface area contributed by atoms with E-state index in [1.54, 1.807) is 0 Å². The number of rotatable bonds is 4. The summed E-state index contributed by atoms with van der Waals surface area (Å²) in [6.45, 7) is 1.86. The van der Waals surface area contributed by atoms with E-state index in [4.69, 9.17) is 5.11 Å². The Labute approximate surface area is 91.5 Å². The quantitative estimate of drug-likeness (QED) is 0.763. The number of carbonyl (C=O) groups is 1. The standard InChI is InChI=1S/C12H21NO2/c14-9-11-6-7-13(8-11)12(15)5-4-10-2-1-3-10/h10-11,14H,1-9H2. The summed E-state index contributed by atoms with van der Waals surface area (Å²) in [6, 6.07) is 0. The molecule has 1 amide bonds. The molecule has 86 valence electrons.